The molecule has 0 N–H and O–H groups in total. The van der Waals surface area contributed by atoms with Crippen LogP contribution in [0.3, 0.4) is 0 Å². The van der Waals surface area contributed by atoms with Gasteiger partial charge in [0.2, 0.25) is 0 Å². The standard InChI is InChI=1S/C16H23NO3/c1-11(2)15-9-4-12(3)10-16(15)20-14-7-5-13(6-8-14)17(18)19/h5-8,11-12,15-16H,4,9-10H2,1-3H3. The molecule has 1 aromatic carbocycles. The van der Waals surface area contributed by atoms with Gasteiger partial charge in [0.15, 0.2) is 0 Å². The van der Waals surface area contributed by atoms with Crippen LogP contribution in [0.15, 0.2) is 24.3 Å². The number of hydrogen-bond donors (Lipinski definition) is 0. The second kappa shape index (κ2) is 6.25. The van der Waals surface area contributed by atoms with E-state index in [-0.39, 0.29) is 16.7 Å². The lowest BCUT2D eigenvalue weighted by Crippen LogP contribution is -2.36. The molecule has 0 amide bonds. The molecule has 4 nitrogen and oxygen atoms in total. The third-order valence-corrected chi connectivity index (χ3v) is 4.30. The van der Waals surface area contributed by atoms with Gasteiger partial charge in [0, 0.05) is 12.1 Å². The minimum Gasteiger partial charge on any atom is -0.490 e. The number of benzene rings is 1. The van der Waals surface area contributed by atoms with E-state index in [2.05, 4.69) is 20.8 Å². The Hall–Kier alpha value is -1.58. The molecule has 0 aliphatic heterocycles. The van der Waals surface area contributed by atoms with Gasteiger partial charge >= 0.3 is 0 Å². The Balaban J connectivity index is 2.07. The van der Waals surface area contributed by atoms with Gasteiger partial charge < -0.3 is 4.74 Å². The van der Waals surface area contributed by atoms with Crippen LogP contribution in [0.25, 0.3) is 0 Å². The van der Waals surface area contributed by atoms with Crippen molar-refractivity contribution in [3.63, 3.8) is 0 Å². The van der Waals surface area contributed by atoms with Gasteiger partial charge in [-0.05, 0) is 42.7 Å². The van der Waals surface area contributed by atoms with Crippen LogP contribution in [0.5, 0.6) is 5.75 Å². The lowest BCUT2D eigenvalue weighted by atomic mass is 9.75. The SMILES string of the molecule is CC1CCC(C(C)C)C(Oc2ccc([N+](=O)[O-])cc2)C1. The van der Waals surface area contributed by atoms with E-state index in [4.69, 9.17) is 4.74 Å². The van der Waals surface area contributed by atoms with E-state index in [0.717, 1.165) is 12.2 Å². The predicted octanol–water partition coefficient (Wildman–Crippen LogP) is 4.43. The Morgan fingerprint density at radius 1 is 1.25 bits per heavy atom. The van der Waals surface area contributed by atoms with Gasteiger partial charge in [0.05, 0.1) is 4.92 Å². The van der Waals surface area contributed by atoms with Gasteiger partial charge in [-0.1, -0.05) is 27.2 Å². The molecule has 110 valence electrons. The third kappa shape index (κ3) is 3.50. The molecule has 1 aliphatic carbocycles. The van der Waals surface area contributed by atoms with Crippen molar-refractivity contribution in [1.29, 1.82) is 0 Å². The second-order valence-corrected chi connectivity index (χ2v) is 6.23. The molecule has 0 saturated heterocycles. The molecule has 3 unspecified atom stereocenters. The zero-order valence-electron chi connectivity index (χ0n) is 12.4. The van der Waals surface area contributed by atoms with Crippen molar-refractivity contribution in [2.45, 2.75) is 46.1 Å². The third-order valence-electron chi connectivity index (χ3n) is 4.30. The monoisotopic (exact) mass is 277 g/mol. The topological polar surface area (TPSA) is 52.4 Å². The van der Waals surface area contributed by atoms with Crippen LogP contribution in [0, 0.1) is 27.9 Å². The Morgan fingerprint density at radius 2 is 1.90 bits per heavy atom. The minimum absolute atomic E-state index is 0.106. The Morgan fingerprint density at radius 3 is 2.45 bits per heavy atom. The van der Waals surface area contributed by atoms with Gasteiger partial charge in [0.1, 0.15) is 11.9 Å². The van der Waals surface area contributed by atoms with Crippen LogP contribution in [0.4, 0.5) is 5.69 Å². The van der Waals surface area contributed by atoms with E-state index in [9.17, 15) is 10.1 Å². The van der Waals surface area contributed by atoms with Crippen molar-refractivity contribution in [3.05, 3.63) is 34.4 Å². The maximum Gasteiger partial charge on any atom is 0.269 e. The van der Waals surface area contributed by atoms with Gasteiger partial charge in [-0.25, -0.2) is 0 Å². The van der Waals surface area contributed by atoms with Crippen molar-refractivity contribution in [3.8, 4) is 5.75 Å². The number of rotatable bonds is 4. The van der Waals surface area contributed by atoms with Crippen molar-refractivity contribution in [1.82, 2.24) is 0 Å². The first-order chi connectivity index (χ1) is 9.47. The van der Waals surface area contributed by atoms with Crippen molar-refractivity contribution >= 4 is 5.69 Å². The summed E-state index contributed by atoms with van der Waals surface area (Å²) in [5.74, 6) is 2.60. The summed E-state index contributed by atoms with van der Waals surface area (Å²) in [5, 5.41) is 10.7. The normalized spacial score (nSPS) is 26.5. The van der Waals surface area contributed by atoms with Crippen LogP contribution < -0.4 is 4.74 Å². The quantitative estimate of drug-likeness (QED) is 0.604. The number of nitrogens with zero attached hydrogens (tertiary/aromatic N) is 1. The molecule has 4 heteroatoms. The molecule has 2 rings (SSSR count). The lowest BCUT2D eigenvalue weighted by Gasteiger charge is -2.37. The number of ether oxygens (including phenoxy) is 1. The highest BCUT2D eigenvalue weighted by Crippen LogP contribution is 2.36. The predicted molar refractivity (Wildman–Crippen MR) is 78.9 cm³/mol. The lowest BCUT2D eigenvalue weighted by molar-refractivity contribution is -0.384. The highest BCUT2D eigenvalue weighted by molar-refractivity contribution is 5.36. The molecule has 0 spiro atoms. The summed E-state index contributed by atoms with van der Waals surface area (Å²) in [5.41, 5.74) is 0.106. The maximum atomic E-state index is 10.7. The van der Waals surface area contributed by atoms with Crippen LogP contribution in [0.1, 0.15) is 40.0 Å². The second-order valence-electron chi connectivity index (χ2n) is 6.23. The fraction of sp³-hybridized carbons (Fsp3) is 0.625. The fourth-order valence-electron chi connectivity index (χ4n) is 3.07. The average Bonchev–Trinajstić information content (AvgIpc) is 2.39. The average molecular weight is 277 g/mol. The van der Waals surface area contributed by atoms with Gasteiger partial charge in [-0.15, -0.1) is 0 Å². The van der Waals surface area contributed by atoms with E-state index < -0.39 is 0 Å². The molecule has 0 aromatic heterocycles. The van der Waals surface area contributed by atoms with Gasteiger partial charge in [0.25, 0.3) is 5.69 Å². The zero-order chi connectivity index (χ0) is 14.7. The van der Waals surface area contributed by atoms with E-state index >= 15 is 0 Å². The Bertz CT molecular complexity index is 455. The molecule has 3 atom stereocenters. The maximum absolute atomic E-state index is 10.7. The molecule has 1 aromatic rings. The molecule has 1 fully saturated rings. The Kier molecular flexibility index (Phi) is 4.63. The summed E-state index contributed by atoms with van der Waals surface area (Å²) < 4.78 is 6.11. The van der Waals surface area contributed by atoms with Crippen LogP contribution in [0.2, 0.25) is 0 Å². The van der Waals surface area contributed by atoms with Crippen molar-refractivity contribution in [2.75, 3.05) is 0 Å². The van der Waals surface area contributed by atoms with Crippen molar-refractivity contribution < 1.29 is 9.66 Å². The molecule has 0 heterocycles. The molecule has 1 aliphatic rings. The summed E-state index contributed by atoms with van der Waals surface area (Å²) in [6.45, 7) is 6.75. The summed E-state index contributed by atoms with van der Waals surface area (Å²) in [6, 6.07) is 6.42. The number of hydrogen-bond acceptors (Lipinski definition) is 3. The van der Waals surface area contributed by atoms with Crippen LogP contribution >= 0.6 is 0 Å². The van der Waals surface area contributed by atoms with Crippen LogP contribution in [-0.2, 0) is 0 Å². The highest BCUT2D eigenvalue weighted by Gasteiger charge is 2.32. The van der Waals surface area contributed by atoms with Gasteiger partial charge in [-0.2, -0.15) is 0 Å². The zero-order valence-corrected chi connectivity index (χ0v) is 12.4. The first-order valence-electron chi connectivity index (χ1n) is 7.38. The smallest absolute Gasteiger partial charge is 0.269 e. The first-order valence-corrected chi connectivity index (χ1v) is 7.38. The summed E-state index contributed by atoms with van der Waals surface area (Å²) in [7, 11) is 0. The largest absolute Gasteiger partial charge is 0.490 e. The summed E-state index contributed by atoms with van der Waals surface area (Å²) in [4.78, 5) is 10.3. The van der Waals surface area contributed by atoms with Gasteiger partial charge in [-0.3, -0.25) is 10.1 Å². The molecule has 0 radical (unpaired) electrons. The number of non-ortho nitro benzene ring substituents is 1. The molecular weight excluding hydrogens is 254 g/mol. The highest BCUT2D eigenvalue weighted by atomic mass is 16.6. The fourth-order valence-corrected chi connectivity index (χ4v) is 3.07. The van der Waals surface area contributed by atoms with E-state index in [1.54, 1.807) is 12.1 Å². The van der Waals surface area contributed by atoms with E-state index in [0.29, 0.717) is 17.8 Å². The summed E-state index contributed by atoms with van der Waals surface area (Å²) >= 11 is 0. The molecular formula is C16H23NO3. The summed E-state index contributed by atoms with van der Waals surface area (Å²) in [6.07, 6.45) is 3.76. The minimum atomic E-state index is -0.386. The van der Waals surface area contributed by atoms with Crippen LogP contribution in [-0.4, -0.2) is 11.0 Å². The number of nitro benzene ring substituents is 1. The van der Waals surface area contributed by atoms with E-state index in [1.165, 1.54) is 25.0 Å². The van der Waals surface area contributed by atoms with Crippen molar-refractivity contribution in [2.24, 2.45) is 17.8 Å². The Labute approximate surface area is 120 Å². The molecule has 1 saturated carbocycles. The molecule has 20 heavy (non-hydrogen) atoms. The molecule has 0 bridgehead atoms. The number of nitro groups is 1. The first kappa shape index (κ1) is 14.8. The van der Waals surface area contributed by atoms with E-state index in [1.807, 2.05) is 0 Å².